The number of ether oxygens (including phenoxy) is 1. The molecular weight excluding hydrogens is 241 g/mol. The largest absolute Gasteiger partial charge is 0.383 e. The quantitative estimate of drug-likeness (QED) is 0.631. The Morgan fingerprint density at radius 1 is 1.21 bits per heavy atom. The maximum absolute atomic E-state index is 12.7. The van der Waals surface area contributed by atoms with Crippen LogP contribution in [0.25, 0.3) is 0 Å². The summed E-state index contributed by atoms with van der Waals surface area (Å²) in [6.07, 6.45) is 4.99. The van der Waals surface area contributed by atoms with E-state index in [0.29, 0.717) is 12.5 Å². The summed E-state index contributed by atoms with van der Waals surface area (Å²) in [6.45, 7) is 6.75. The van der Waals surface area contributed by atoms with Crippen LogP contribution in [0.4, 0.5) is 10.1 Å². The first-order valence-electron chi connectivity index (χ1n) is 7.33. The van der Waals surface area contributed by atoms with Crippen molar-refractivity contribution in [3.8, 4) is 0 Å². The lowest BCUT2D eigenvalue weighted by molar-refractivity contribution is 0.102. The van der Waals surface area contributed by atoms with Crippen LogP contribution in [0.2, 0.25) is 0 Å². The van der Waals surface area contributed by atoms with Gasteiger partial charge in [0.25, 0.3) is 0 Å². The van der Waals surface area contributed by atoms with Crippen molar-refractivity contribution < 1.29 is 9.13 Å². The summed E-state index contributed by atoms with van der Waals surface area (Å²) in [7, 11) is 0. The lowest BCUT2D eigenvalue weighted by atomic mass is 10.0. The van der Waals surface area contributed by atoms with Crippen molar-refractivity contribution in [2.24, 2.45) is 5.92 Å². The number of rotatable bonds is 10. The van der Waals surface area contributed by atoms with Crippen molar-refractivity contribution in [3.63, 3.8) is 0 Å². The molecule has 0 amide bonds. The molecule has 0 aromatic heterocycles. The third-order valence-electron chi connectivity index (χ3n) is 3.32. The number of halogens is 1. The second-order valence-electron chi connectivity index (χ2n) is 4.93. The molecule has 0 radical (unpaired) electrons. The first-order valence-corrected chi connectivity index (χ1v) is 7.33. The molecule has 0 aliphatic carbocycles. The fraction of sp³-hybridized carbons (Fsp3) is 0.625. The molecule has 0 saturated carbocycles. The molecule has 108 valence electrons. The molecule has 0 fully saturated rings. The molecule has 0 saturated heterocycles. The van der Waals surface area contributed by atoms with Gasteiger partial charge in [0.15, 0.2) is 0 Å². The van der Waals surface area contributed by atoms with Crippen LogP contribution in [0.15, 0.2) is 24.3 Å². The molecule has 1 unspecified atom stereocenters. The molecule has 0 aliphatic heterocycles. The van der Waals surface area contributed by atoms with E-state index >= 15 is 0 Å². The number of anilines is 1. The second-order valence-corrected chi connectivity index (χ2v) is 4.93. The van der Waals surface area contributed by atoms with Crippen molar-refractivity contribution in [1.82, 2.24) is 0 Å². The summed E-state index contributed by atoms with van der Waals surface area (Å²) in [5.41, 5.74) is 0.933. The highest BCUT2D eigenvalue weighted by atomic mass is 19.1. The van der Waals surface area contributed by atoms with E-state index in [1.165, 1.54) is 37.8 Å². The molecule has 1 N–H and O–H groups in total. The Balaban J connectivity index is 2.08. The van der Waals surface area contributed by atoms with Gasteiger partial charge in [-0.2, -0.15) is 0 Å². The molecule has 19 heavy (non-hydrogen) atoms. The zero-order valence-corrected chi connectivity index (χ0v) is 12.1. The number of hydrogen-bond acceptors (Lipinski definition) is 2. The van der Waals surface area contributed by atoms with Gasteiger partial charge < -0.3 is 10.1 Å². The van der Waals surface area contributed by atoms with E-state index in [2.05, 4.69) is 19.2 Å². The Bertz CT molecular complexity index is 326. The number of benzene rings is 1. The van der Waals surface area contributed by atoms with Crippen molar-refractivity contribution in [2.75, 3.05) is 25.1 Å². The Hall–Kier alpha value is -1.09. The van der Waals surface area contributed by atoms with Crippen LogP contribution in [-0.2, 0) is 4.74 Å². The Labute approximate surface area is 116 Å². The van der Waals surface area contributed by atoms with Crippen LogP contribution in [0, 0.1) is 11.7 Å². The van der Waals surface area contributed by atoms with Crippen LogP contribution < -0.4 is 5.32 Å². The molecule has 0 aliphatic rings. The van der Waals surface area contributed by atoms with Crippen molar-refractivity contribution in [1.29, 1.82) is 0 Å². The van der Waals surface area contributed by atoms with Gasteiger partial charge in [0.1, 0.15) is 5.82 Å². The van der Waals surface area contributed by atoms with E-state index in [4.69, 9.17) is 4.74 Å². The predicted molar refractivity (Wildman–Crippen MR) is 79.0 cm³/mol. The monoisotopic (exact) mass is 267 g/mol. The number of hydrogen-bond donors (Lipinski definition) is 1. The molecule has 1 rings (SSSR count). The van der Waals surface area contributed by atoms with Crippen molar-refractivity contribution in [3.05, 3.63) is 30.1 Å². The summed E-state index contributed by atoms with van der Waals surface area (Å²) in [6, 6.07) is 6.40. The van der Waals surface area contributed by atoms with Gasteiger partial charge in [-0.3, -0.25) is 0 Å². The van der Waals surface area contributed by atoms with Gasteiger partial charge in [-0.05, 0) is 36.6 Å². The maximum Gasteiger partial charge on any atom is 0.123 e. The number of nitrogens with one attached hydrogen (secondary N) is 1. The third kappa shape index (κ3) is 7.16. The molecule has 1 aromatic carbocycles. The normalized spacial score (nSPS) is 12.4. The summed E-state index contributed by atoms with van der Waals surface area (Å²) in [4.78, 5) is 0. The molecule has 0 spiro atoms. The minimum absolute atomic E-state index is 0.205. The minimum atomic E-state index is -0.205. The Kier molecular flexibility index (Phi) is 8.23. The molecule has 1 atom stereocenters. The van der Waals surface area contributed by atoms with E-state index in [1.54, 1.807) is 12.1 Å². The van der Waals surface area contributed by atoms with E-state index < -0.39 is 0 Å². The molecule has 0 bridgehead atoms. The van der Waals surface area contributed by atoms with Gasteiger partial charge in [-0.15, -0.1) is 0 Å². The number of unbranched alkanes of at least 4 members (excludes halogenated alkanes) is 1. The van der Waals surface area contributed by atoms with E-state index in [1.807, 2.05) is 0 Å². The molecule has 0 heterocycles. The third-order valence-corrected chi connectivity index (χ3v) is 3.32. The summed E-state index contributed by atoms with van der Waals surface area (Å²) >= 11 is 0. The molecule has 2 nitrogen and oxygen atoms in total. The van der Waals surface area contributed by atoms with Crippen LogP contribution in [0.1, 0.15) is 39.5 Å². The maximum atomic E-state index is 12.7. The zero-order valence-electron chi connectivity index (χ0n) is 12.1. The minimum Gasteiger partial charge on any atom is -0.383 e. The topological polar surface area (TPSA) is 21.3 Å². The van der Waals surface area contributed by atoms with Crippen molar-refractivity contribution >= 4 is 5.69 Å². The first-order chi connectivity index (χ1) is 9.26. The van der Waals surface area contributed by atoms with E-state index in [9.17, 15) is 4.39 Å². The highest BCUT2D eigenvalue weighted by Gasteiger charge is 2.05. The van der Waals surface area contributed by atoms with Gasteiger partial charge in [-0.25, -0.2) is 4.39 Å². The standard InChI is InChI=1S/C16H26FNO/c1-3-5-6-14(4-2)13-19-12-11-18-16-9-7-15(17)8-10-16/h7-10,14,18H,3-6,11-13H2,1-2H3. The smallest absolute Gasteiger partial charge is 0.123 e. The molecular formula is C16H26FNO. The average Bonchev–Trinajstić information content (AvgIpc) is 2.44. The van der Waals surface area contributed by atoms with Gasteiger partial charge >= 0.3 is 0 Å². The van der Waals surface area contributed by atoms with E-state index in [-0.39, 0.29) is 5.82 Å². The van der Waals surface area contributed by atoms with Crippen molar-refractivity contribution in [2.45, 2.75) is 39.5 Å². The predicted octanol–water partition coefficient (Wildman–Crippen LogP) is 4.47. The summed E-state index contributed by atoms with van der Waals surface area (Å²) < 4.78 is 18.4. The van der Waals surface area contributed by atoms with Crippen LogP contribution >= 0.6 is 0 Å². The SMILES string of the molecule is CCCCC(CC)COCCNc1ccc(F)cc1. The Morgan fingerprint density at radius 3 is 2.58 bits per heavy atom. The first kappa shape index (κ1) is 16.0. The van der Waals surface area contributed by atoms with Crippen LogP contribution in [0.5, 0.6) is 0 Å². The second kappa shape index (κ2) is 9.79. The van der Waals surface area contributed by atoms with Gasteiger partial charge in [0, 0.05) is 18.8 Å². The summed E-state index contributed by atoms with van der Waals surface area (Å²) in [5, 5.41) is 3.22. The van der Waals surface area contributed by atoms with Gasteiger partial charge in [-0.1, -0.05) is 33.1 Å². The highest BCUT2D eigenvalue weighted by molar-refractivity contribution is 5.42. The fourth-order valence-electron chi connectivity index (χ4n) is 1.98. The zero-order chi connectivity index (χ0) is 13.9. The molecule has 1 aromatic rings. The van der Waals surface area contributed by atoms with Crippen LogP contribution in [-0.4, -0.2) is 19.8 Å². The fourth-order valence-corrected chi connectivity index (χ4v) is 1.98. The highest BCUT2D eigenvalue weighted by Crippen LogP contribution is 2.12. The lowest BCUT2D eigenvalue weighted by Gasteiger charge is -2.15. The Morgan fingerprint density at radius 2 is 1.95 bits per heavy atom. The average molecular weight is 267 g/mol. The van der Waals surface area contributed by atoms with Crippen LogP contribution in [0.3, 0.4) is 0 Å². The molecule has 3 heteroatoms. The lowest BCUT2D eigenvalue weighted by Crippen LogP contribution is -2.14. The summed E-state index contributed by atoms with van der Waals surface area (Å²) in [5.74, 6) is 0.481. The van der Waals surface area contributed by atoms with Gasteiger partial charge in [0.05, 0.1) is 6.61 Å². The van der Waals surface area contributed by atoms with E-state index in [0.717, 1.165) is 18.8 Å². The van der Waals surface area contributed by atoms with Gasteiger partial charge in [0.2, 0.25) is 0 Å².